The van der Waals surface area contributed by atoms with E-state index in [9.17, 15) is 0 Å². The molecule has 0 radical (unpaired) electrons. The summed E-state index contributed by atoms with van der Waals surface area (Å²) in [6.07, 6.45) is 0. The minimum Gasteiger partial charge on any atom is -0.311 e. The summed E-state index contributed by atoms with van der Waals surface area (Å²) >= 11 is 0. The van der Waals surface area contributed by atoms with Crippen LogP contribution in [0.3, 0.4) is 0 Å². The number of anilines is 9. The van der Waals surface area contributed by atoms with Gasteiger partial charge in [0.2, 0.25) is 0 Å². The van der Waals surface area contributed by atoms with Crippen molar-refractivity contribution in [3.63, 3.8) is 0 Å². The van der Waals surface area contributed by atoms with Crippen molar-refractivity contribution < 1.29 is 0 Å². The fraction of sp³-hybridized carbons (Fsp3) is 0.0488. The van der Waals surface area contributed by atoms with Crippen LogP contribution in [-0.4, -0.2) is 6.71 Å². The first-order valence-corrected chi connectivity index (χ1v) is 29.9. The molecule has 2 heterocycles. The van der Waals surface area contributed by atoms with Crippen molar-refractivity contribution in [1.29, 1.82) is 0 Å². The summed E-state index contributed by atoms with van der Waals surface area (Å²) in [5.74, 6) is 0. The second-order valence-electron chi connectivity index (χ2n) is 22.9. The fourth-order valence-corrected chi connectivity index (χ4v) is 14.4. The van der Waals surface area contributed by atoms with Crippen LogP contribution in [0.4, 0.5) is 51.2 Å². The average Bonchev–Trinajstić information content (AvgIpc) is 0.737. The number of para-hydroxylation sites is 2. The van der Waals surface area contributed by atoms with Crippen molar-refractivity contribution in [3.05, 3.63) is 395 Å². The van der Waals surface area contributed by atoms with E-state index >= 15 is 0 Å². The molecule has 0 atom stereocenters. The Balaban J connectivity index is 0.989. The van der Waals surface area contributed by atoms with Gasteiger partial charge < -0.3 is 14.7 Å². The topological polar surface area (TPSA) is 9.72 Å². The van der Waals surface area contributed by atoms with Gasteiger partial charge >= 0.3 is 0 Å². The zero-order valence-corrected chi connectivity index (χ0v) is 48.3. The first kappa shape index (κ1) is 52.2. The smallest absolute Gasteiger partial charge is 0.252 e. The third kappa shape index (κ3) is 8.59. The predicted octanol–water partition coefficient (Wildman–Crippen LogP) is 18.6. The van der Waals surface area contributed by atoms with E-state index in [1.807, 2.05) is 0 Å². The molecule has 0 amide bonds. The summed E-state index contributed by atoms with van der Waals surface area (Å²) in [6.45, 7) is 4.40. The first-order chi connectivity index (χ1) is 42.5. The van der Waals surface area contributed by atoms with Crippen molar-refractivity contribution >= 4 is 74.3 Å². The molecule has 2 aliphatic rings. The van der Waals surface area contributed by atoms with Gasteiger partial charge in [0.15, 0.2) is 0 Å². The Morgan fingerprint density at radius 3 is 0.814 bits per heavy atom. The Kier molecular flexibility index (Phi) is 13.2. The van der Waals surface area contributed by atoms with E-state index in [-0.39, 0.29) is 6.71 Å². The Hall–Kier alpha value is -10.7. The lowest BCUT2D eigenvalue weighted by Crippen LogP contribution is -2.61. The molecule has 0 bridgehead atoms. The van der Waals surface area contributed by atoms with Gasteiger partial charge in [-0.25, -0.2) is 0 Å². The van der Waals surface area contributed by atoms with Crippen molar-refractivity contribution in [2.24, 2.45) is 0 Å². The molecule has 4 heteroatoms. The maximum absolute atomic E-state index is 2.55. The van der Waals surface area contributed by atoms with Crippen molar-refractivity contribution in [1.82, 2.24) is 0 Å². The molecule has 86 heavy (non-hydrogen) atoms. The van der Waals surface area contributed by atoms with E-state index in [4.69, 9.17) is 0 Å². The number of fused-ring (bicyclic) bond motifs is 4. The summed E-state index contributed by atoms with van der Waals surface area (Å²) in [5, 5.41) is 0. The molecular formula is C82H62BN3. The highest BCUT2D eigenvalue weighted by atomic mass is 15.2. The molecule has 0 unspecified atom stereocenters. The van der Waals surface area contributed by atoms with Crippen LogP contribution in [-0.2, 0) is 10.8 Å². The van der Waals surface area contributed by atoms with Crippen LogP contribution in [0.2, 0.25) is 0 Å². The van der Waals surface area contributed by atoms with Crippen molar-refractivity contribution in [2.45, 2.75) is 24.7 Å². The van der Waals surface area contributed by atoms with Crippen LogP contribution in [0, 0.1) is 13.8 Å². The van der Waals surface area contributed by atoms with E-state index in [2.05, 4.69) is 368 Å². The van der Waals surface area contributed by atoms with Gasteiger partial charge in [0.1, 0.15) is 0 Å². The lowest BCUT2D eigenvalue weighted by molar-refractivity contribution is 0.745. The van der Waals surface area contributed by atoms with E-state index in [1.165, 1.54) is 83.4 Å². The van der Waals surface area contributed by atoms with Crippen molar-refractivity contribution in [3.8, 4) is 0 Å². The van der Waals surface area contributed by atoms with Crippen LogP contribution in [0.25, 0.3) is 0 Å². The quantitative estimate of drug-likeness (QED) is 0.0841. The molecule has 0 spiro atoms. The number of nitrogens with zero attached hydrogens (tertiary/aromatic N) is 3. The Bertz CT molecular complexity index is 4030. The summed E-state index contributed by atoms with van der Waals surface area (Å²) in [7, 11) is 0. The number of hydrogen-bond acceptors (Lipinski definition) is 3. The van der Waals surface area contributed by atoms with Crippen LogP contribution in [0.1, 0.15) is 55.6 Å². The molecule has 3 nitrogen and oxygen atoms in total. The second-order valence-corrected chi connectivity index (χ2v) is 22.9. The van der Waals surface area contributed by atoms with Gasteiger partial charge in [-0.3, -0.25) is 0 Å². The van der Waals surface area contributed by atoms with Crippen LogP contribution < -0.4 is 31.1 Å². The Labute approximate surface area is 506 Å². The monoisotopic (exact) mass is 1100 g/mol. The number of benzene rings is 13. The molecule has 0 aromatic heterocycles. The lowest BCUT2D eigenvalue weighted by Gasteiger charge is -2.45. The predicted molar refractivity (Wildman–Crippen MR) is 361 cm³/mol. The van der Waals surface area contributed by atoms with Gasteiger partial charge in [0.05, 0.1) is 16.5 Å². The van der Waals surface area contributed by atoms with E-state index in [0.29, 0.717) is 0 Å². The molecule has 13 aromatic rings. The summed E-state index contributed by atoms with van der Waals surface area (Å²) < 4.78 is 0. The molecule has 0 N–H and O–H groups in total. The van der Waals surface area contributed by atoms with Gasteiger partial charge in [-0.15, -0.1) is 0 Å². The van der Waals surface area contributed by atoms with Gasteiger partial charge in [-0.05, 0) is 148 Å². The second kappa shape index (κ2) is 21.8. The van der Waals surface area contributed by atoms with Gasteiger partial charge in [0.25, 0.3) is 6.71 Å². The van der Waals surface area contributed by atoms with E-state index in [0.717, 1.165) is 39.8 Å². The maximum Gasteiger partial charge on any atom is 0.252 e. The number of rotatable bonds is 13. The highest BCUT2D eigenvalue weighted by molar-refractivity contribution is 7.00. The average molecular weight is 1100 g/mol. The molecule has 13 aromatic carbocycles. The minimum absolute atomic E-state index is 0.0735. The largest absolute Gasteiger partial charge is 0.311 e. The summed E-state index contributed by atoms with van der Waals surface area (Å²) in [6, 6.07) is 126. The highest BCUT2D eigenvalue weighted by Gasteiger charge is 2.46. The van der Waals surface area contributed by atoms with Crippen LogP contribution >= 0.6 is 0 Å². The molecule has 408 valence electrons. The number of hydrogen-bond donors (Lipinski definition) is 0. The Morgan fingerprint density at radius 1 is 0.256 bits per heavy atom. The van der Waals surface area contributed by atoms with Gasteiger partial charge in [-0.2, -0.15) is 0 Å². The molecule has 0 fully saturated rings. The van der Waals surface area contributed by atoms with Crippen LogP contribution in [0.5, 0.6) is 0 Å². The minimum atomic E-state index is -0.601. The van der Waals surface area contributed by atoms with E-state index < -0.39 is 10.8 Å². The summed E-state index contributed by atoms with van der Waals surface area (Å²) in [5.41, 5.74) is 24.7. The van der Waals surface area contributed by atoms with Crippen molar-refractivity contribution in [2.75, 3.05) is 14.7 Å². The summed E-state index contributed by atoms with van der Waals surface area (Å²) in [4.78, 5) is 7.53. The Morgan fingerprint density at radius 2 is 0.523 bits per heavy atom. The third-order valence-electron chi connectivity index (χ3n) is 18.0. The highest BCUT2D eigenvalue weighted by Crippen LogP contribution is 2.52. The normalized spacial score (nSPS) is 12.5. The standard InChI is InChI=1S/C82H62BN3/c1-59-43-53-76-74(55-59)83-75-56-60(2)44-54-77(75)86(72-51-47-68(48-52-72)82(64-33-17-6-18-34-64,65-35-19-7-20-36-65)66-37-21-8-22-38-66)79-58-73(84(69-39-23-9-24-40-69)70-41-25-10-26-42-70)57-78(80(79)83)85(76)71-49-45-67(46-50-71)81(61-27-11-3-12-28-61,62-29-13-4-14-30-62)63-31-15-5-16-32-63/h3-58H,1-2H3. The van der Waals surface area contributed by atoms with Crippen LogP contribution in [0.15, 0.2) is 340 Å². The maximum atomic E-state index is 2.55. The number of aryl methyl sites for hydroxylation is 2. The van der Waals surface area contributed by atoms with E-state index in [1.54, 1.807) is 0 Å². The van der Waals surface area contributed by atoms with Gasteiger partial charge in [0, 0.05) is 45.5 Å². The zero-order chi connectivity index (χ0) is 57.6. The third-order valence-corrected chi connectivity index (χ3v) is 18.0. The molecular weight excluding hydrogens is 1040 g/mol. The first-order valence-electron chi connectivity index (χ1n) is 29.9. The molecule has 0 saturated heterocycles. The van der Waals surface area contributed by atoms with Gasteiger partial charge in [-0.1, -0.05) is 278 Å². The molecule has 15 rings (SSSR count). The molecule has 2 aliphatic heterocycles. The zero-order valence-electron chi connectivity index (χ0n) is 48.3. The molecule has 0 aliphatic carbocycles. The lowest BCUT2D eigenvalue weighted by atomic mass is 9.33. The fourth-order valence-electron chi connectivity index (χ4n) is 14.4. The molecule has 0 saturated carbocycles. The SMILES string of the molecule is Cc1ccc2c(c1)B1c3cc(C)ccc3N(c3ccc(C(c4ccccc4)(c4ccccc4)c4ccccc4)cc3)c3cc(N(c4ccccc4)c4ccccc4)cc(c31)N2c1ccc(C(c2ccccc2)(c2ccccc2)c2ccccc2)cc1.